The van der Waals surface area contributed by atoms with Crippen LogP contribution in [0.1, 0.15) is 26.7 Å². The summed E-state index contributed by atoms with van der Waals surface area (Å²) in [5, 5.41) is 3.45. The van der Waals surface area contributed by atoms with E-state index in [1.54, 1.807) is 0 Å². The summed E-state index contributed by atoms with van der Waals surface area (Å²) in [7, 11) is 0. The number of piperidine rings is 1. The number of hydrogen-bond acceptors (Lipinski definition) is 3. The van der Waals surface area contributed by atoms with E-state index < -0.39 is 5.51 Å². The normalized spacial score (nSPS) is 23.3. The van der Waals surface area contributed by atoms with Gasteiger partial charge in [-0.3, -0.25) is 0 Å². The van der Waals surface area contributed by atoms with Crippen LogP contribution in [0.5, 0.6) is 0 Å². The van der Waals surface area contributed by atoms with Crippen LogP contribution in [0.15, 0.2) is 0 Å². The Bertz CT molecular complexity index is 221. The molecular formula is C11H21F3N2S. The number of likely N-dealkylation sites (tertiary alicyclic amines) is 1. The van der Waals surface area contributed by atoms with Gasteiger partial charge in [-0.2, -0.15) is 13.2 Å². The molecule has 1 atom stereocenters. The van der Waals surface area contributed by atoms with Gasteiger partial charge in [0.2, 0.25) is 0 Å². The van der Waals surface area contributed by atoms with Crippen molar-refractivity contribution < 1.29 is 13.2 Å². The molecule has 1 heterocycles. The highest BCUT2D eigenvalue weighted by molar-refractivity contribution is 8.00. The summed E-state index contributed by atoms with van der Waals surface area (Å²) in [6, 6.07) is 0.865. The number of thioether (sulfide) groups is 1. The van der Waals surface area contributed by atoms with Crippen molar-refractivity contribution in [3.63, 3.8) is 0 Å². The number of rotatable bonds is 5. The predicted octanol–water partition coefficient (Wildman–Crippen LogP) is 2.70. The third-order valence-electron chi connectivity index (χ3n) is 2.75. The number of halogens is 3. The van der Waals surface area contributed by atoms with E-state index in [4.69, 9.17) is 0 Å². The first-order valence-corrected chi connectivity index (χ1v) is 7.04. The molecule has 0 aromatic carbocycles. The first kappa shape index (κ1) is 15.1. The van der Waals surface area contributed by atoms with E-state index in [1.807, 2.05) is 0 Å². The highest BCUT2D eigenvalue weighted by Crippen LogP contribution is 2.30. The second-order valence-corrected chi connectivity index (χ2v) is 5.92. The third kappa shape index (κ3) is 7.16. The summed E-state index contributed by atoms with van der Waals surface area (Å²) in [5.74, 6) is 0.137. The Labute approximate surface area is 105 Å². The second kappa shape index (κ2) is 6.85. The Morgan fingerprint density at radius 2 is 2.12 bits per heavy atom. The molecule has 6 heteroatoms. The van der Waals surface area contributed by atoms with E-state index in [9.17, 15) is 13.2 Å². The third-order valence-corrected chi connectivity index (χ3v) is 3.46. The van der Waals surface area contributed by atoms with E-state index >= 15 is 0 Å². The number of nitrogens with one attached hydrogen (secondary N) is 1. The SMILES string of the molecule is CC(C)NC1CCCN(CCSC(F)(F)F)C1. The molecule has 102 valence electrons. The van der Waals surface area contributed by atoms with E-state index in [0.29, 0.717) is 18.6 Å². The molecule has 1 saturated heterocycles. The van der Waals surface area contributed by atoms with Crippen LogP contribution >= 0.6 is 11.8 Å². The Balaban J connectivity index is 2.20. The fraction of sp³-hybridized carbons (Fsp3) is 1.00. The zero-order valence-electron chi connectivity index (χ0n) is 10.4. The van der Waals surface area contributed by atoms with Crippen LogP contribution in [0.25, 0.3) is 0 Å². The average Bonchev–Trinajstić information content (AvgIpc) is 2.15. The molecule has 17 heavy (non-hydrogen) atoms. The van der Waals surface area contributed by atoms with Crippen LogP contribution in [-0.4, -0.2) is 47.9 Å². The molecule has 2 nitrogen and oxygen atoms in total. The first-order chi connectivity index (χ1) is 7.87. The molecule has 0 aromatic rings. The lowest BCUT2D eigenvalue weighted by atomic mass is 10.1. The van der Waals surface area contributed by atoms with Gasteiger partial charge >= 0.3 is 5.51 Å². The van der Waals surface area contributed by atoms with Crippen LogP contribution in [0, 0.1) is 0 Å². The maximum absolute atomic E-state index is 12.0. The molecule has 0 aliphatic carbocycles. The summed E-state index contributed by atoms with van der Waals surface area (Å²) in [6.07, 6.45) is 2.20. The van der Waals surface area contributed by atoms with Crippen molar-refractivity contribution in [2.45, 2.75) is 44.3 Å². The zero-order valence-corrected chi connectivity index (χ0v) is 11.2. The second-order valence-electron chi connectivity index (χ2n) is 4.76. The molecule has 1 fully saturated rings. The summed E-state index contributed by atoms with van der Waals surface area (Å²) < 4.78 is 36.0. The molecule has 1 aliphatic heterocycles. The van der Waals surface area contributed by atoms with E-state index in [0.717, 1.165) is 25.9 Å². The molecule has 0 saturated carbocycles. The largest absolute Gasteiger partial charge is 0.441 e. The lowest BCUT2D eigenvalue weighted by Crippen LogP contribution is -2.48. The summed E-state index contributed by atoms with van der Waals surface area (Å²) in [6.45, 7) is 6.52. The van der Waals surface area contributed by atoms with Crippen LogP contribution in [0.4, 0.5) is 13.2 Å². The lowest BCUT2D eigenvalue weighted by Gasteiger charge is -2.34. The van der Waals surface area contributed by atoms with Crippen molar-refractivity contribution in [3.05, 3.63) is 0 Å². The monoisotopic (exact) mass is 270 g/mol. The Kier molecular flexibility index (Phi) is 6.09. The van der Waals surface area contributed by atoms with Gasteiger partial charge in [-0.1, -0.05) is 13.8 Å². The average molecular weight is 270 g/mol. The van der Waals surface area contributed by atoms with E-state index in [2.05, 4.69) is 24.1 Å². The highest BCUT2D eigenvalue weighted by atomic mass is 32.2. The van der Waals surface area contributed by atoms with Crippen molar-refractivity contribution in [1.29, 1.82) is 0 Å². The minimum Gasteiger partial charge on any atom is -0.311 e. The van der Waals surface area contributed by atoms with Crippen LogP contribution in [-0.2, 0) is 0 Å². The quantitative estimate of drug-likeness (QED) is 0.827. The van der Waals surface area contributed by atoms with Gasteiger partial charge in [0.05, 0.1) is 0 Å². The molecule has 1 N–H and O–H groups in total. The number of nitrogens with zero attached hydrogens (tertiary/aromatic N) is 1. The predicted molar refractivity (Wildman–Crippen MR) is 66.2 cm³/mol. The molecular weight excluding hydrogens is 249 g/mol. The lowest BCUT2D eigenvalue weighted by molar-refractivity contribution is -0.0329. The van der Waals surface area contributed by atoms with Gasteiger partial charge in [0, 0.05) is 30.9 Å². The van der Waals surface area contributed by atoms with Gasteiger partial charge < -0.3 is 10.2 Å². The van der Waals surface area contributed by atoms with Gasteiger partial charge in [-0.25, -0.2) is 0 Å². The highest BCUT2D eigenvalue weighted by Gasteiger charge is 2.28. The topological polar surface area (TPSA) is 15.3 Å². The minimum absolute atomic E-state index is 0.0803. The minimum atomic E-state index is -4.09. The number of hydrogen-bond donors (Lipinski definition) is 1. The van der Waals surface area contributed by atoms with Crippen LogP contribution in [0.2, 0.25) is 0 Å². The molecule has 1 aliphatic rings. The zero-order chi connectivity index (χ0) is 12.9. The molecule has 0 spiro atoms. The molecule has 0 aromatic heterocycles. The smallest absolute Gasteiger partial charge is 0.311 e. The molecule has 1 unspecified atom stereocenters. The van der Waals surface area contributed by atoms with E-state index in [-0.39, 0.29) is 17.5 Å². The summed E-state index contributed by atoms with van der Waals surface area (Å²) >= 11 is 0.0803. The standard InChI is InChI=1S/C11H21F3N2S/c1-9(2)15-10-4-3-5-16(8-10)6-7-17-11(12,13)14/h9-10,15H,3-8H2,1-2H3. The summed E-state index contributed by atoms with van der Waals surface area (Å²) in [5.41, 5.74) is -4.09. The van der Waals surface area contributed by atoms with Gasteiger partial charge in [0.1, 0.15) is 0 Å². The fourth-order valence-electron chi connectivity index (χ4n) is 2.16. The maximum atomic E-state index is 12.0. The summed E-state index contributed by atoms with van der Waals surface area (Å²) in [4.78, 5) is 2.13. The molecule has 0 radical (unpaired) electrons. The van der Waals surface area contributed by atoms with Crippen molar-refractivity contribution in [2.24, 2.45) is 0 Å². The van der Waals surface area contributed by atoms with E-state index in [1.165, 1.54) is 0 Å². The van der Waals surface area contributed by atoms with Gasteiger partial charge in [0.25, 0.3) is 0 Å². The van der Waals surface area contributed by atoms with Gasteiger partial charge in [-0.15, -0.1) is 0 Å². The molecule has 0 amide bonds. The van der Waals surface area contributed by atoms with Gasteiger partial charge in [-0.05, 0) is 31.1 Å². The molecule has 1 rings (SSSR count). The van der Waals surface area contributed by atoms with Crippen LogP contribution < -0.4 is 5.32 Å². The number of alkyl halides is 3. The van der Waals surface area contributed by atoms with Crippen molar-refractivity contribution >= 4 is 11.8 Å². The van der Waals surface area contributed by atoms with Crippen molar-refractivity contribution in [3.8, 4) is 0 Å². The Morgan fingerprint density at radius 3 is 2.71 bits per heavy atom. The van der Waals surface area contributed by atoms with Crippen LogP contribution in [0.3, 0.4) is 0 Å². The van der Waals surface area contributed by atoms with Gasteiger partial charge in [0.15, 0.2) is 0 Å². The fourth-order valence-corrected chi connectivity index (χ4v) is 2.74. The van der Waals surface area contributed by atoms with Crippen molar-refractivity contribution in [1.82, 2.24) is 10.2 Å². The Hall–Kier alpha value is 0.0600. The maximum Gasteiger partial charge on any atom is 0.441 e. The molecule has 0 bridgehead atoms. The first-order valence-electron chi connectivity index (χ1n) is 6.06. The van der Waals surface area contributed by atoms with Crippen molar-refractivity contribution in [2.75, 3.05) is 25.4 Å². The Morgan fingerprint density at radius 1 is 1.41 bits per heavy atom.